The molecule has 0 bridgehead atoms. The third kappa shape index (κ3) is 3.93. The normalized spacial score (nSPS) is 16.5. The number of carboxylic acids is 1. The van der Waals surface area contributed by atoms with Gasteiger partial charge in [-0.2, -0.15) is 0 Å². The Morgan fingerprint density at radius 3 is 2.83 bits per heavy atom. The highest BCUT2D eigenvalue weighted by molar-refractivity contribution is 9.10. The van der Waals surface area contributed by atoms with Gasteiger partial charge in [-0.25, -0.2) is 4.79 Å². The molecule has 1 fully saturated rings. The molecule has 0 aliphatic carbocycles. The number of hydrogen-bond donors (Lipinski definition) is 2. The molecular weight excluding hydrogens is 388 g/mol. The zero-order chi connectivity index (χ0) is 17.1. The van der Waals surface area contributed by atoms with Crippen molar-refractivity contribution in [1.82, 2.24) is 10.2 Å². The molecule has 2 N–H and O–H groups in total. The van der Waals surface area contributed by atoms with Crippen molar-refractivity contribution >= 4 is 57.1 Å². The maximum atomic E-state index is 12.2. The lowest BCUT2D eigenvalue weighted by molar-refractivity contribution is -0.139. The second-order valence-electron chi connectivity index (χ2n) is 4.55. The van der Waals surface area contributed by atoms with E-state index in [0.29, 0.717) is 10.0 Å². The van der Waals surface area contributed by atoms with Crippen LogP contribution in [0, 0.1) is 0 Å². The summed E-state index contributed by atoms with van der Waals surface area (Å²) >= 11 is 8.14. The fourth-order valence-electron chi connectivity index (χ4n) is 1.80. The van der Waals surface area contributed by atoms with Crippen LogP contribution in [0.1, 0.15) is 5.56 Å². The molecule has 0 radical (unpaired) electrons. The Labute approximate surface area is 145 Å². The van der Waals surface area contributed by atoms with Gasteiger partial charge in [-0.3, -0.25) is 19.8 Å². The van der Waals surface area contributed by atoms with E-state index in [2.05, 4.69) is 21.2 Å². The highest BCUT2D eigenvalue weighted by Crippen LogP contribution is 2.26. The molecule has 2 amide bonds. The Kier molecular flexibility index (Phi) is 5.12. The number of halogens is 1. The van der Waals surface area contributed by atoms with E-state index < -0.39 is 24.4 Å². The van der Waals surface area contributed by atoms with Crippen LogP contribution in [-0.2, 0) is 14.4 Å². The van der Waals surface area contributed by atoms with Gasteiger partial charge in [-0.05, 0) is 36.5 Å². The zero-order valence-corrected chi connectivity index (χ0v) is 14.2. The molecular formula is C14H11BrN2O5S. The van der Waals surface area contributed by atoms with E-state index in [0.717, 1.165) is 4.90 Å². The number of hydrogen-bond acceptors (Lipinski definition) is 5. The molecule has 1 aromatic carbocycles. The van der Waals surface area contributed by atoms with E-state index in [4.69, 9.17) is 22.1 Å². The van der Waals surface area contributed by atoms with E-state index in [1.54, 1.807) is 18.2 Å². The molecule has 0 unspecified atom stereocenters. The van der Waals surface area contributed by atoms with Crippen LogP contribution in [0.3, 0.4) is 0 Å². The van der Waals surface area contributed by atoms with Crippen molar-refractivity contribution in [3.05, 3.63) is 33.8 Å². The van der Waals surface area contributed by atoms with Crippen molar-refractivity contribution in [1.29, 1.82) is 0 Å². The monoisotopic (exact) mass is 398 g/mol. The number of rotatable bonds is 4. The Morgan fingerprint density at radius 2 is 2.17 bits per heavy atom. The average Bonchev–Trinajstić information content (AvgIpc) is 2.48. The van der Waals surface area contributed by atoms with Gasteiger partial charge in [0, 0.05) is 17.1 Å². The molecule has 0 atom stereocenters. The van der Waals surface area contributed by atoms with Crippen molar-refractivity contribution in [2.75, 3.05) is 13.7 Å². The second kappa shape index (κ2) is 6.88. The summed E-state index contributed by atoms with van der Waals surface area (Å²) < 4.78 is 5.85. The minimum absolute atomic E-state index is 0.0220. The number of aliphatic carboxylic acids is 1. The third-order valence-electron chi connectivity index (χ3n) is 2.93. The fraction of sp³-hybridized carbons (Fsp3) is 0.143. The molecule has 0 saturated carbocycles. The molecule has 7 nitrogen and oxygen atoms in total. The van der Waals surface area contributed by atoms with Crippen LogP contribution >= 0.6 is 28.1 Å². The van der Waals surface area contributed by atoms with Gasteiger partial charge in [-0.1, -0.05) is 15.9 Å². The Bertz CT molecular complexity index is 747. The molecule has 0 spiro atoms. The second-order valence-corrected chi connectivity index (χ2v) is 5.85. The van der Waals surface area contributed by atoms with Gasteiger partial charge >= 0.3 is 5.97 Å². The highest BCUT2D eigenvalue weighted by Gasteiger charge is 2.31. The molecule has 9 heteroatoms. The lowest BCUT2D eigenvalue weighted by Crippen LogP contribution is -2.52. The van der Waals surface area contributed by atoms with Crippen molar-refractivity contribution < 1.29 is 24.2 Å². The summed E-state index contributed by atoms with van der Waals surface area (Å²) in [4.78, 5) is 35.9. The summed E-state index contributed by atoms with van der Waals surface area (Å²) in [6, 6.07) is 4.81. The third-order valence-corrected chi connectivity index (χ3v) is 3.80. The van der Waals surface area contributed by atoms with Gasteiger partial charge in [0.1, 0.15) is 11.3 Å². The van der Waals surface area contributed by atoms with Gasteiger partial charge in [0.05, 0.1) is 0 Å². The van der Waals surface area contributed by atoms with Gasteiger partial charge in [-0.15, -0.1) is 0 Å². The zero-order valence-electron chi connectivity index (χ0n) is 11.8. The Hall–Kier alpha value is -2.26. The summed E-state index contributed by atoms with van der Waals surface area (Å²) in [6.07, 6.45) is 1.33. The van der Waals surface area contributed by atoms with Gasteiger partial charge in [0.25, 0.3) is 11.8 Å². The van der Waals surface area contributed by atoms with Crippen LogP contribution in [0.2, 0.25) is 0 Å². The summed E-state index contributed by atoms with van der Waals surface area (Å²) in [7, 11) is 1.45. The summed E-state index contributed by atoms with van der Waals surface area (Å²) in [6.45, 7) is -0.540. The number of benzene rings is 1. The van der Waals surface area contributed by atoms with E-state index in [1.165, 1.54) is 13.1 Å². The van der Waals surface area contributed by atoms with Crippen LogP contribution in [0.5, 0.6) is 5.75 Å². The van der Waals surface area contributed by atoms with Gasteiger partial charge in [0.15, 0.2) is 11.7 Å². The predicted octanol–water partition coefficient (Wildman–Crippen LogP) is 1.17. The minimum Gasteiger partial charge on any atom is -0.481 e. The van der Waals surface area contributed by atoms with E-state index >= 15 is 0 Å². The number of ether oxygens (including phenoxy) is 1. The standard InChI is InChI=1S/C14H11BrN2O5S/c1-17-13(21)9(12(20)16-14(17)23)5-7-4-8(15)2-3-10(7)22-6-11(18)19/h2-5H,6H2,1H3,(H,18,19)(H,16,20,23)/b9-5+. The first-order chi connectivity index (χ1) is 10.8. The maximum Gasteiger partial charge on any atom is 0.341 e. The van der Waals surface area contributed by atoms with Crippen LogP contribution in [0.4, 0.5) is 0 Å². The molecule has 0 aromatic heterocycles. The number of thiocarbonyl (C=S) groups is 1. The molecule has 1 heterocycles. The van der Waals surface area contributed by atoms with E-state index in [-0.39, 0.29) is 16.4 Å². The van der Waals surface area contributed by atoms with Crippen LogP contribution < -0.4 is 10.1 Å². The first-order valence-corrected chi connectivity index (χ1v) is 7.49. The van der Waals surface area contributed by atoms with Gasteiger partial charge in [0.2, 0.25) is 0 Å². The summed E-state index contributed by atoms with van der Waals surface area (Å²) in [5, 5.41) is 11.1. The molecule has 120 valence electrons. The molecule has 1 aliphatic heterocycles. The first-order valence-electron chi connectivity index (χ1n) is 6.29. The van der Waals surface area contributed by atoms with E-state index in [9.17, 15) is 14.4 Å². The van der Waals surface area contributed by atoms with Crippen LogP contribution in [-0.4, -0.2) is 46.6 Å². The van der Waals surface area contributed by atoms with Crippen molar-refractivity contribution in [3.8, 4) is 5.75 Å². The number of carbonyl (C=O) groups is 3. The number of carbonyl (C=O) groups excluding carboxylic acids is 2. The van der Waals surface area contributed by atoms with Crippen LogP contribution in [0.15, 0.2) is 28.2 Å². The number of nitrogens with zero attached hydrogens (tertiary/aromatic N) is 1. The number of amides is 2. The first kappa shape index (κ1) is 17.1. The number of carboxylic acid groups (broad SMARTS) is 1. The van der Waals surface area contributed by atoms with Crippen LogP contribution in [0.25, 0.3) is 6.08 Å². The lowest BCUT2D eigenvalue weighted by atomic mass is 10.1. The maximum absolute atomic E-state index is 12.2. The largest absolute Gasteiger partial charge is 0.481 e. The Morgan fingerprint density at radius 1 is 1.48 bits per heavy atom. The summed E-state index contributed by atoms with van der Waals surface area (Å²) in [5.74, 6) is -2.08. The fourth-order valence-corrected chi connectivity index (χ4v) is 2.36. The quantitative estimate of drug-likeness (QED) is 0.449. The molecule has 1 aromatic rings. The van der Waals surface area contributed by atoms with Gasteiger partial charge < -0.3 is 9.84 Å². The Balaban J connectivity index is 2.42. The lowest BCUT2D eigenvalue weighted by Gasteiger charge is -2.25. The number of likely N-dealkylation sites (N-methyl/N-ethyl adjacent to an activating group) is 1. The predicted molar refractivity (Wildman–Crippen MR) is 88.8 cm³/mol. The SMILES string of the molecule is CN1C(=O)/C(=C/c2cc(Br)ccc2OCC(=O)O)C(=O)NC1=S. The average molecular weight is 399 g/mol. The minimum atomic E-state index is -1.14. The topological polar surface area (TPSA) is 95.9 Å². The molecule has 2 rings (SSSR count). The van der Waals surface area contributed by atoms with Crippen molar-refractivity contribution in [3.63, 3.8) is 0 Å². The van der Waals surface area contributed by atoms with Crippen molar-refractivity contribution in [2.24, 2.45) is 0 Å². The summed E-state index contributed by atoms with van der Waals surface area (Å²) in [5.41, 5.74) is 0.264. The molecule has 23 heavy (non-hydrogen) atoms. The number of nitrogens with one attached hydrogen (secondary N) is 1. The van der Waals surface area contributed by atoms with Crippen molar-refractivity contribution in [2.45, 2.75) is 0 Å². The smallest absolute Gasteiger partial charge is 0.341 e. The highest BCUT2D eigenvalue weighted by atomic mass is 79.9. The molecule has 1 aliphatic rings. The molecule has 1 saturated heterocycles. The van der Waals surface area contributed by atoms with E-state index in [1.807, 2.05) is 0 Å².